The Morgan fingerprint density at radius 1 is 1.47 bits per heavy atom. The van der Waals surface area contributed by atoms with Gasteiger partial charge in [0.2, 0.25) is 0 Å². The van der Waals surface area contributed by atoms with Crippen molar-refractivity contribution in [3.63, 3.8) is 0 Å². The highest BCUT2D eigenvalue weighted by molar-refractivity contribution is 5.40. The first-order chi connectivity index (χ1) is 7.15. The molecule has 0 aliphatic heterocycles. The third kappa shape index (κ3) is 3.53. The highest BCUT2D eigenvalue weighted by Crippen LogP contribution is 2.23. The van der Waals surface area contributed by atoms with Gasteiger partial charge in [0, 0.05) is 12.1 Å². The number of aliphatic hydroxyl groups excluding tert-OH is 1. The van der Waals surface area contributed by atoms with E-state index in [-0.39, 0.29) is 0 Å². The monoisotopic (exact) mass is 209 g/mol. The summed E-state index contributed by atoms with van der Waals surface area (Å²) in [5.74, 6) is 0.882. The number of para-hydroxylation sites is 1. The van der Waals surface area contributed by atoms with Gasteiger partial charge in [-0.05, 0) is 26.5 Å². The molecule has 84 valence electrons. The van der Waals surface area contributed by atoms with Crippen molar-refractivity contribution in [3.8, 4) is 5.75 Å². The molecule has 1 aromatic rings. The zero-order valence-corrected chi connectivity index (χ0v) is 9.58. The standard InChI is InChI=1S/C12H19NO2/c1-9-5-4-6-11(7-13-3)12(9)15-8-10(2)14/h4-6,10,13-14H,7-8H2,1-3H3. The molecule has 1 unspecified atom stereocenters. The first kappa shape index (κ1) is 12.0. The van der Waals surface area contributed by atoms with Crippen molar-refractivity contribution in [1.29, 1.82) is 0 Å². The lowest BCUT2D eigenvalue weighted by atomic mass is 10.1. The molecule has 0 aliphatic carbocycles. The number of benzene rings is 1. The minimum absolute atomic E-state index is 0.335. The molecule has 0 spiro atoms. The Morgan fingerprint density at radius 3 is 2.80 bits per heavy atom. The van der Waals surface area contributed by atoms with E-state index in [0.717, 1.165) is 23.4 Å². The van der Waals surface area contributed by atoms with E-state index >= 15 is 0 Å². The van der Waals surface area contributed by atoms with Crippen LogP contribution in [0, 0.1) is 6.92 Å². The molecule has 0 heterocycles. The van der Waals surface area contributed by atoms with Gasteiger partial charge in [-0.2, -0.15) is 0 Å². The van der Waals surface area contributed by atoms with Crippen LogP contribution in [0.3, 0.4) is 0 Å². The Bertz CT molecular complexity index is 310. The average Bonchev–Trinajstić information content (AvgIpc) is 2.17. The summed E-state index contributed by atoms with van der Waals surface area (Å²) >= 11 is 0. The zero-order valence-electron chi connectivity index (χ0n) is 9.58. The molecule has 1 rings (SSSR count). The summed E-state index contributed by atoms with van der Waals surface area (Å²) in [6, 6.07) is 6.05. The van der Waals surface area contributed by atoms with E-state index in [0.29, 0.717) is 6.61 Å². The molecule has 0 aliphatic rings. The van der Waals surface area contributed by atoms with Gasteiger partial charge in [0.15, 0.2) is 0 Å². The summed E-state index contributed by atoms with van der Waals surface area (Å²) in [5.41, 5.74) is 2.22. The Hall–Kier alpha value is -1.06. The van der Waals surface area contributed by atoms with Gasteiger partial charge in [0.1, 0.15) is 12.4 Å². The van der Waals surface area contributed by atoms with E-state index in [4.69, 9.17) is 4.74 Å². The number of hydrogen-bond donors (Lipinski definition) is 2. The first-order valence-electron chi connectivity index (χ1n) is 5.19. The predicted octanol–water partition coefficient (Wildman–Crippen LogP) is 1.47. The van der Waals surface area contributed by atoms with Crippen LogP contribution in [-0.2, 0) is 6.54 Å². The molecule has 0 saturated heterocycles. The fourth-order valence-corrected chi connectivity index (χ4v) is 1.45. The summed E-state index contributed by atoms with van der Waals surface area (Å²) in [5, 5.41) is 12.3. The molecule has 3 nitrogen and oxygen atoms in total. The summed E-state index contributed by atoms with van der Waals surface area (Å²) in [4.78, 5) is 0. The lowest BCUT2D eigenvalue weighted by Crippen LogP contribution is -2.15. The van der Waals surface area contributed by atoms with Crippen molar-refractivity contribution in [2.24, 2.45) is 0 Å². The molecule has 3 heteroatoms. The van der Waals surface area contributed by atoms with Gasteiger partial charge in [0.05, 0.1) is 6.10 Å². The van der Waals surface area contributed by atoms with Crippen LogP contribution in [0.25, 0.3) is 0 Å². The van der Waals surface area contributed by atoms with Gasteiger partial charge in [0.25, 0.3) is 0 Å². The fourth-order valence-electron chi connectivity index (χ4n) is 1.45. The Morgan fingerprint density at radius 2 is 2.20 bits per heavy atom. The van der Waals surface area contributed by atoms with E-state index in [1.54, 1.807) is 6.92 Å². The van der Waals surface area contributed by atoms with Gasteiger partial charge < -0.3 is 15.2 Å². The third-order valence-corrected chi connectivity index (χ3v) is 2.13. The van der Waals surface area contributed by atoms with Gasteiger partial charge >= 0.3 is 0 Å². The Kier molecular flexibility index (Phi) is 4.59. The van der Waals surface area contributed by atoms with Crippen LogP contribution in [-0.4, -0.2) is 24.9 Å². The minimum Gasteiger partial charge on any atom is -0.490 e. The van der Waals surface area contributed by atoms with Crippen molar-refractivity contribution in [1.82, 2.24) is 5.32 Å². The van der Waals surface area contributed by atoms with E-state index in [1.807, 2.05) is 32.2 Å². The highest BCUT2D eigenvalue weighted by Gasteiger charge is 2.07. The summed E-state index contributed by atoms with van der Waals surface area (Å²) in [7, 11) is 1.90. The number of nitrogens with one attached hydrogen (secondary N) is 1. The second-order valence-electron chi connectivity index (χ2n) is 3.75. The van der Waals surface area contributed by atoms with Crippen molar-refractivity contribution < 1.29 is 9.84 Å². The number of ether oxygens (including phenoxy) is 1. The van der Waals surface area contributed by atoms with Crippen molar-refractivity contribution in [2.45, 2.75) is 26.5 Å². The van der Waals surface area contributed by atoms with Crippen molar-refractivity contribution >= 4 is 0 Å². The minimum atomic E-state index is -0.438. The van der Waals surface area contributed by atoms with Crippen LogP contribution >= 0.6 is 0 Å². The fraction of sp³-hybridized carbons (Fsp3) is 0.500. The molecule has 0 saturated carbocycles. The second kappa shape index (κ2) is 5.73. The van der Waals surface area contributed by atoms with Crippen LogP contribution in [0.2, 0.25) is 0 Å². The van der Waals surface area contributed by atoms with Crippen LogP contribution in [0.1, 0.15) is 18.1 Å². The topological polar surface area (TPSA) is 41.5 Å². The van der Waals surface area contributed by atoms with Crippen LogP contribution in [0.15, 0.2) is 18.2 Å². The maximum absolute atomic E-state index is 9.18. The normalized spacial score (nSPS) is 12.5. The summed E-state index contributed by atoms with van der Waals surface area (Å²) in [6.45, 7) is 4.84. The zero-order chi connectivity index (χ0) is 11.3. The second-order valence-corrected chi connectivity index (χ2v) is 3.75. The lowest BCUT2D eigenvalue weighted by Gasteiger charge is -2.14. The molecule has 0 aromatic heterocycles. The average molecular weight is 209 g/mol. The third-order valence-electron chi connectivity index (χ3n) is 2.13. The van der Waals surface area contributed by atoms with Crippen molar-refractivity contribution in [2.75, 3.05) is 13.7 Å². The number of aliphatic hydroxyl groups is 1. The molecule has 0 amide bonds. The first-order valence-corrected chi connectivity index (χ1v) is 5.19. The molecule has 0 bridgehead atoms. The van der Waals surface area contributed by atoms with E-state index in [1.165, 1.54) is 0 Å². The van der Waals surface area contributed by atoms with Crippen LogP contribution in [0.4, 0.5) is 0 Å². The Balaban J connectivity index is 2.81. The van der Waals surface area contributed by atoms with Gasteiger partial charge in [-0.15, -0.1) is 0 Å². The largest absolute Gasteiger partial charge is 0.490 e. The van der Waals surface area contributed by atoms with Gasteiger partial charge in [-0.25, -0.2) is 0 Å². The number of rotatable bonds is 5. The van der Waals surface area contributed by atoms with Gasteiger partial charge in [-0.3, -0.25) is 0 Å². The van der Waals surface area contributed by atoms with Crippen molar-refractivity contribution in [3.05, 3.63) is 29.3 Å². The number of hydrogen-bond acceptors (Lipinski definition) is 3. The maximum atomic E-state index is 9.18. The molecule has 15 heavy (non-hydrogen) atoms. The molecular weight excluding hydrogens is 190 g/mol. The van der Waals surface area contributed by atoms with E-state index in [9.17, 15) is 5.11 Å². The quantitative estimate of drug-likeness (QED) is 0.771. The molecular formula is C12H19NO2. The molecule has 0 fully saturated rings. The lowest BCUT2D eigenvalue weighted by molar-refractivity contribution is 0.121. The summed E-state index contributed by atoms with van der Waals surface area (Å²) < 4.78 is 5.59. The SMILES string of the molecule is CNCc1cccc(C)c1OCC(C)O. The Labute approximate surface area is 91.1 Å². The molecule has 1 aromatic carbocycles. The van der Waals surface area contributed by atoms with Crippen LogP contribution < -0.4 is 10.1 Å². The number of aryl methyl sites for hydroxylation is 1. The van der Waals surface area contributed by atoms with Gasteiger partial charge in [-0.1, -0.05) is 18.2 Å². The predicted molar refractivity (Wildman–Crippen MR) is 61.1 cm³/mol. The smallest absolute Gasteiger partial charge is 0.126 e. The maximum Gasteiger partial charge on any atom is 0.126 e. The molecule has 2 N–H and O–H groups in total. The molecule has 1 atom stereocenters. The summed E-state index contributed by atoms with van der Waals surface area (Å²) in [6.07, 6.45) is -0.438. The molecule has 0 radical (unpaired) electrons. The van der Waals surface area contributed by atoms with E-state index < -0.39 is 6.10 Å². The van der Waals surface area contributed by atoms with E-state index in [2.05, 4.69) is 5.32 Å². The van der Waals surface area contributed by atoms with Crippen LogP contribution in [0.5, 0.6) is 5.75 Å². The highest BCUT2D eigenvalue weighted by atomic mass is 16.5.